The predicted molar refractivity (Wildman–Crippen MR) is 56.6 cm³/mol. The molecule has 7 nitrogen and oxygen atoms in total. The van der Waals surface area contributed by atoms with Gasteiger partial charge in [-0.2, -0.15) is 4.98 Å². The van der Waals surface area contributed by atoms with Gasteiger partial charge < -0.3 is 9.84 Å². The molecule has 0 saturated heterocycles. The van der Waals surface area contributed by atoms with E-state index in [9.17, 15) is 4.79 Å². The number of carbonyl (C=O) groups is 1. The van der Waals surface area contributed by atoms with E-state index in [0.717, 1.165) is 0 Å². The summed E-state index contributed by atoms with van der Waals surface area (Å²) >= 11 is 0. The maximum Gasteiger partial charge on any atom is 0.354 e. The van der Waals surface area contributed by atoms with E-state index >= 15 is 0 Å². The summed E-state index contributed by atoms with van der Waals surface area (Å²) in [6, 6.07) is 1.25. The molecule has 7 heteroatoms. The predicted octanol–water partition coefficient (Wildman–Crippen LogP) is 0.640. The van der Waals surface area contributed by atoms with Crippen LogP contribution in [0.2, 0.25) is 0 Å². The van der Waals surface area contributed by atoms with Crippen molar-refractivity contribution in [2.45, 2.75) is 0 Å². The number of hydrogen-bond acceptors (Lipinski definition) is 6. The topological polar surface area (TPSA) is 98.1 Å². The number of aromatic nitrogens is 4. The van der Waals surface area contributed by atoms with Gasteiger partial charge in [0.1, 0.15) is 6.33 Å². The van der Waals surface area contributed by atoms with Crippen LogP contribution in [0.3, 0.4) is 0 Å². The molecule has 0 radical (unpaired) electrons. The van der Waals surface area contributed by atoms with Crippen LogP contribution in [-0.2, 0) is 0 Å². The molecule has 0 fully saturated rings. The molecule has 0 aromatic carbocycles. The van der Waals surface area contributed by atoms with Crippen molar-refractivity contribution in [2.75, 3.05) is 7.11 Å². The Morgan fingerprint density at radius 2 is 2.00 bits per heavy atom. The fourth-order valence-electron chi connectivity index (χ4n) is 1.18. The smallest absolute Gasteiger partial charge is 0.354 e. The van der Waals surface area contributed by atoms with Crippen LogP contribution in [0.25, 0.3) is 11.4 Å². The third-order valence-corrected chi connectivity index (χ3v) is 1.95. The Labute approximate surface area is 96.2 Å². The Bertz CT molecular complexity index is 545. The van der Waals surface area contributed by atoms with Gasteiger partial charge in [0.05, 0.1) is 12.7 Å². The lowest BCUT2D eigenvalue weighted by Crippen LogP contribution is -2.04. The van der Waals surface area contributed by atoms with Crippen LogP contribution in [0.4, 0.5) is 0 Å². The van der Waals surface area contributed by atoms with Crippen molar-refractivity contribution in [3.63, 3.8) is 0 Å². The normalized spacial score (nSPS) is 9.94. The van der Waals surface area contributed by atoms with Crippen LogP contribution < -0.4 is 4.74 Å². The van der Waals surface area contributed by atoms with Gasteiger partial charge in [0.25, 0.3) is 0 Å². The highest BCUT2D eigenvalue weighted by Crippen LogP contribution is 2.17. The van der Waals surface area contributed by atoms with Gasteiger partial charge in [-0.15, -0.1) is 0 Å². The van der Waals surface area contributed by atoms with Crippen molar-refractivity contribution in [2.24, 2.45) is 0 Å². The number of methoxy groups -OCH3 is 1. The average molecular weight is 232 g/mol. The van der Waals surface area contributed by atoms with E-state index in [-0.39, 0.29) is 17.4 Å². The van der Waals surface area contributed by atoms with Crippen molar-refractivity contribution in [1.82, 2.24) is 19.9 Å². The fraction of sp³-hybridized carbons (Fsp3) is 0.100. The second kappa shape index (κ2) is 4.52. The largest absolute Gasteiger partial charge is 0.481 e. The maximum atomic E-state index is 10.9. The number of aromatic carboxylic acids is 1. The first kappa shape index (κ1) is 10.9. The average Bonchev–Trinajstić information content (AvgIpc) is 2.39. The van der Waals surface area contributed by atoms with Crippen molar-refractivity contribution < 1.29 is 14.6 Å². The highest BCUT2D eigenvalue weighted by atomic mass is 16.5. The zero-order chi connectivity index (χ0) is 12.3. The molecular weight excluding hydrogens is 224 g/mol. The molecule has 2 aromatic heterocycles. The molecule has 0 unspecified atom stereocenters. The van der Waals surface area contributed by atoms with E-state index in [4.69, 9.17) is 9.84 Å². The highest BCUT2D eigenvalue weighted by molar-refractivity contribution is 5.86. The second-order valence-electron chi connectivity index (χ2n) is 3.05. The molecule has 0 saturated carbocycles. The van der Waals surface area contributed by atoms with E-state index in [2.05, 4.69) is 19.9 Å². The monoisotopic (exact) mass is 232 g/mol. The van der Waals surface area contributed by atoms with Gasteiger partial charge in [0.15, 0.2) is 11.5 Å². The Balaban J connectivity index is 2.54. The first-order chi connectivity index (χ1) is 8.20. The SMILES string of the molecule is COc1cc(C(=O)O)nc(-c2cncnc2)n1. The van der Waals surface area contributed by atoms with E-state index in [1.54, 1.807) is 0 Å². The standard InChI is InChI=1S/C10H8N4O3/c1-17-8-2-7(10(15)16)13-9(14-8)6-3-11-5-12-4-6/h2-5H,1H3,(H,15,16). The lowest BCUT2D eigenvalue weighted by atomic mass is 10.3. The Morgan fingerprint density at radius 3 is 2.59 bits per heavy atom. The van der Waals surface area contributed by atoms with E-state index in [1.807, 2.05) is 0 Å². The molecule has 0 aliphatic carbocycles. The lowest BCUT2D eigenvalue weighted by molar-refractivity contribution is 0.0690. The Kier molecular flexibility index (Phi) is 2.91. The van der Waals surface area contributed by atoms with Gasteiger partial charge in [0.2, 0.25) is 5.88 Å². The van der Waals surface area contributed by atoms with E-state index in [0.29, 0.717) is 5.56 Å². The molecule has 2 rings (SSSR count). The summed E-state index contributed by atoms with van der Waals surface area (Å²) in [5, 5.41) is 8.90. The minimum Gasteiger partial charge on any atom is -0.481 e. The number of nitrogens with zero attached hydrogens (tertiary/aromatic N) is 4. The zero-order valence-corrected chi connectivity index (χ0v) is 8.86. The van der Waals surface area contributed by atoms with E-state index < -0.39 is 5.97 Å². The molecule has 0 aliphatic heterocycles. The third-order valence-electron chi connectivity index (χ3n) is 1.95. The maximum absolute atomic E-state index is 10.9. The molecule has 86 valence electrons. The summed E-state index contributed by atoms with van der Waals surface area (Å²) in [4.78, 5) is 26.4. The van der Waals surface area contributed by atoms with Crippen molar-refractivity contribution >= 4 is 5.97 Å². The molecule has 1 N–H and O–H groups in total. The van der Waals surface area contributed by atoms with E-state index in [1.165, 1.54) is 31.9 Å². The molecule has 2 heterocycles. The van der Waals surface area contributed by atoms with Gasteiger partial charge in [-0.1, -0.05) is 0 Å². The molecule has 0 aliphatic rings. The summed E-state index contributed by atoms with van der Waals surface area (Å²) in [7, 11) is 1.40. The first-order valence-electron chi connectivity index (χ1n) is 4.62. The summed E-state index contributed by atoms with van der Waals surface area (Å²) in [5.41, 5.74) is 0.379. The molecule has 0 bridgehead atoms. The molecule has 17 heavy (non-hydrogen) atoms. The van der Waals surface area contributed by atoms with Crippen LogP contribution in [0.5, 0.6) is 5.88 Å². The lowest BCUT2D eigenvalue weighted by Gasteiger charge is -2.04. The summed E-state index contributed by atoms with van der Waals surface area (Å²) < 4.78 is 4.91. The van der Waals surface area contributed by atoms with Crippen molar-refractivity contribution in [3.05, 3.63) is 30.5 Å². The summed E-state index contributed by atoms with van der Waals surface area (Å²) in [6.07, 6.45) is 4.35. The summed E-state index contributed by atoms with van der Waals surface area (Å²) in [5.74, 6) is -0.762. The molecule has 0 amide bonds. The summed E-state index contributed by atoms with van der Waals surface area (Å²) in [6.45, 7) is 0. The number of ether oxygens (including phenoxy) is 1. The fourth-order valence-corrected chi connectivity index (χ4v) is 1.18. The number of carboxylic acid groups (broad SMARTS) is 1. The highest BCUT2D eigenvalue weighted by Gasteiger charge is 2.12. The minimum absolute atomic E-state index is 0.143. The molecule has 2 aromatic rings. The van der Waals surface area contributed by atoms with Gasteiger partial charge in [-0.05, 0) is 0 Å². The van der Waals surface area contributed by atoms with Crippen molar-refractivity contribution in [3.8, 4) is 17.3 Å². The van der Waals surface area contributed by atoms with Crippen LogP contribution in [0.15, 0.2) is 24.8 Å². The Morgan fingerprint density at radius 1 is 1.29 bits per heavy atom. The van der Waals surface area contributed by atoms with Crippen LogP contribution >= 0.6 is 0 Å². The van der Waals surface area contributed by atoms with Crippen LogP contribution in [0, 0.1) is 0 Å². The third kappa shape index (κ3) is 2.33. The van der Waals surface area contributed by atoms with Gasteiger partial charge in [-0.25, -0.2) is 19.7 Å². The second-order valence-corrected chi connectivity index (χ2v) is 3.05. The number of carboxylic acids is 1. The van der Waals surface area contributed by atoms with Gasteiger partial charge in [-0.3, -0.25) is 0 Å². The quantitative estimate of drug-likeness (QED) is 0.828. The minimum atomic E-state index is -1.15. The first-order valence-corrected chi connectivity index (χ1v) is 4.62. The van der Waals surface area contributed by atoms with Gasteiger partial charge in [0, 0.05) is 18.5 Å². The molecule has 0 spiro atoms. The molecule has 0 atom stereocenters. The van der Waals surface area contributed by atoms with Crippen molar-refractivity contribution in [1.29, 1.82) is 0 Å². The molecular formula is C10H8N4O3. The van der Waals surface area contributed by atoms with Crippen LogP contribution in [-0.4, -0.2) is 38.1 Å². The zero-order valence-electron chi connectivity index (χ0n) is 8.86. The Hall–Kier alpha value is -2.57. The van der Waals surface area contributed by atoms with Crippen LogP contribution in [0.1, 0.15) is 10.5 Å². The van der Waals surface area contributed by atoms with Gasteiger partial charge >= 0.3 is 5.97 Å². The number of hydrogen-bond donors (Lipinski definition) is 1. The number of rotatable bonds is 3.